The van der Waals surface area contributed by atoms with Gasteiger partial charge in [-0.3, -0.25) is 4.79 Å². The summed E-state index contributed by atoms with van der Waals surface area (Å²) in [6, 6.07) is 7.14. The third-order valence-electron chi connectivity index (χ3n) is 2.89. The molecule has 6 heteroatoms. The Kier molecular flexibility index (Phi) is 4.81. The number of aromatic nitrogens is 1. The predicted octanol–water partition coefficient (Wildman–Crippen LogP) is 2.39. The van der Waals surface area contributed by atoms with Crippen molar-refractivity contribution in [1.82, 2.24) is 10.1 Å². The summed E-state index contributed by atoms with van der Waals surface area (Å²) in [5.74, 6) is 0.590. The Morgan fingerprint density at radius 2 is 2.19 bits per heavy atom. The Morgan fingerprint density at radius 1 is 1.38 bits per heavy atom. The van der Waals surface area contributed by atoms with Gasteiger partial charge in [-0.25, -0.2) is 0 Å². The molecule has 1 amide bonds. The summed E-state index contributed by atoms with van der Waals surface area (Å²) >= 11 is 0. The van der Waals surface area contributed by atoms with E-state index >= 15 is 0 Å². The Balaban J connectivity index is 2.18. The molecule has 112 valence electrons. The van der Waals surface area contributed by atoms with Gasteiger partial charge in [-0.05, 0) is 25.1 Å². The average Bonchev–Trinajstić information content (AvgIpc) is 2.98. The number of hydrogen-bond donors (Lipinski definition) is 1. The fraction of sp³-hybridized carbons (Fsp3) is 0.333. The van der Waals surface area contributed by atoms with Crippen LogP contribution in [0.2, 0.25) is 0 Å². The van der Waals surface area contributed by atoms with E-state index in [9.17, 15) is 4.79 Å². The Morgan fingerprint density at radius 3 is 2.81 bits per heavy atom. The zero-order valence-electron chi connectivity index (χ0n) is 12.4. The van der Waals surface area contributed by atoms with E-state index in [0.717, 1.165) is 11.4 Å². The van der Waals surface area contributed by atoms with Crippen molar-refractivity contribution in [3.8, 4) is 5.75 Å². The first-order chi connectivity index (χ1) is 10.1. The summed E-state index contributed by atoms with van der Waals surface area (Å²) < 4.78 is 10.4. The molecule has 1 N–H and O–H groups in total. The molecule has 0 aliphatic rings. The smallest absolute Gasteiger partial charge is 0.253 e. The molecule has 21 heavy (non-hydrogen) atoms. The lowest BCUT2D eigenvalue weighted by Gasteiger charge is -2.15. The summed E-state index contributed by atoms with van der Waals surface area (Å²) in [6.07, 6.45) is 1.53. The van der Waals surface area contributed by atoms with Gasteiger partial charge in [0.2, 0.25) is 0 Å². The van der Waals surface area contributed by atoms with Crippen molar-refractivity contribution in [2.24, 2.45) is 0 Å². The minimum absolute atomic E-state index is 0.0565. The number of nitrogens with zero attached hydrogens (tertiary/aromatic N) is 2. The molecule has 6 nitrogen and oxygen atoms in total. The second-order valence-corrected chi connectivity index (χ2v) is 4.69. The predicted molar refractivity (Wildman–Crippen MR) is 79.5 cm³/mol. The molecule has 0 fully saturated rings. The van der Waals surface area contributed by atoms with E-state index in [1.807, 2.05) is 13.0 Å². The van der Waals surface area contributed by atoms with Gasteiger partial charge in [0, 0.05) is 25.7 Å². The highest BCUT2D eigenvalue weighted by atomic mass is 16.5. The molecular weight excluding hydrogens is 270 g/mol. The van der Waals surface area contributed by atoms with E-state index in [1.54, 1.807) is 32.3 Å². The third-order valence-corrected chi connectivity index (χ3v) is 2.89. The lowest BCUT2D eigenvalue weighted by molar-refractivity contribution is 0.0827. The van der Waals surface area contributed by atoms with Crippen molar-refractivity contribution in [3.63, 3.8) is 0 Å². The molecule has 0 bridgehead atoms. The minimum Gasteiger partial charge on any atom is -0.492 e. The lowest BCUT2D eigenvalue weighted by Crippen LogP contribution is -2.21. The van der Waals surface area contributed by atoms with Crippen LogP contribution in [0.5, 0.6) is 5.75 Å². The topological polar surface area (TPSA) is 67.6 Å². The van der Waals surface area contributed by atoms with E-state index in [2.05, 4.69) is 10.5 Å². The van der Waals surface area contributed by atoms with E-state index in [0.29, 0.717) is 24.5 Å². The summed E-state index contributed by atoms with van der Waals surface area (Å²) in [5.41, 5.74) is 2.21. The molecule has 2 rings (SSSR count). The van der Waals surface area contributed by atoms with E-state index in [1.165, 1.54) is 11.2 Å². The summed E-state index contributed by atoms with van der Waals surface area (Å²) in [4.78, 5) is 13.5. The number of rotatable bonds is 6. The molecule has 0 radical (unpaired) electrons. The van der Waals surface area contributed by atoms with Gasteiger partial charge < -0.3 is 19.5 Å². The van der Waals surface area contributed by atoms with Crippen LogP contribution in [0.3, 0.4) is 0 Å². The lowest BCUT2D eigenvalue weighted by atomic mass is 10.1. The normalized spacial score (nSPS) is 10.2. The Bertz CT molecular complexity index is 594. The van der Waals surface area contributed by atoms with Crippen LogP contribution in [-0.2, 0) is 6.54 Å². The van der Waals surface area contributed by atoms with Crippen LogP contribution >= 0.6 is 0 Å². The van der Waals surface area contributed by atoms with Crippen molar-refractivity contribution in [3.05, 3.63) is 41.8 Å². The first-order valence-electron chi connectivity index (χ1n) is 6.73. The number of carbonyl (C=O) groups excluding carboxylic acids is 1. The highest BCUT2D eigenvalue weighted by Crippen LogP contribution is 2.27. The molecule has 0 saturated carbocycles. The second-order valence-electron chi connectivity index (χ2n) is 4.69. The molecule has 0 unspecified atom stereocenters. The second kappa shape index (κ2) is 6.78. The first-order valence-corrected chi connectivity index (χ1v) is 6.73. The molecule has 0 atom stereocenters. The fourth-order valence-electron chi connectivity index (χ4n) is 1.85. The highest BCUT2D eigenvalue weighted by Gasteiger charge is 2.12. The summed E-state index contributed by atoms with van der Waals surface area (Å²) in [5, 5.41) is 7.06. The van der Waals surface area contributed by atoms with Gasteiger partial charge >= 0.3 is 0 Å². The van der Waals surface area contributed by atoms with Crippen LogP contribution in [0.1, 0.15) is 23.0 Å². The van der Waals surface area contributed by atoms with Crippen LogP contribution in [0.4, 0.5) is 5.69 Å². The molecule has 1 heterocycles. The zero-order valence-corrected chi connectivity index (χ0v) is 12.4. The van der Waals surface area contributed by atoms with Gasteiger partial charge in [0.15, 0.2) is 0 Å². The number of amides is 1. The van der Waals surface area contributed by atoms with Crippen molar-refractivity contribution in [2.75, 3.05) is 26.0 Å². The minimum atomic E-state index is -0.0565. The first kappa shape index (κ1) is 14.9. The average molecular weight is 289 g/mol. The van der Waals surface area contributed by atoms with E-state index < -0.39 is 0 Å². The zero-order chi connectivity index (χ0) is 15.2. The molecule has 1 aromatic heterocycles. The van der Waals surface area contributed by atoms with E-state index in [4.69, 9.17) is 9.26 Å². The molecule has 0 spiro atoms. The van der Waals surface area contributed by atoms with Gasteiger partial charge in [0.1, 0.15) is 17.7 Å². The maximum atomic E-state index is 12.0. The van der Waals surface area contributed by atoms with E-state index in [-0.39, 0.29) is 5.91 Å². The Labute approximate surface area is 123 Å². The molecular formula is C15H19N3O3. The number of benzene rings is 1. The van der Waals surface area contributed by atoms with Gasteiger partial charge in [-0.2, -0.15) is 0 Å². The number of carbonyl (C=O) groups is 1. The van der Waals surface area contributed by atoms with Gasteiger partial charge in [0.25, 0.3) is 5.91 Å². The van der Waals surface area contributed by atoms with Crippen LogP contribution in [0.15, 0.2) is 35.1 Å². The quantitative estimate of drug-likeness (QED) is 0.884. The van der Waals surface area contributed by atoms with Crippen molar-refractivity contribution >= 4 is 11.6 Å². The van der Waals surface area contributed by atoms with Crippen LogP contribution in [-0.4, -0.2) is 36.7 Å². The maximum absolute atomic E-state index is 12.0. The van der Waals surface area contributed by atoms with Crippen molar-refractivity contribution in [1.29, 1.82) is 0 Å². The molecule has 1 aromatic carbocycles. The largest absolute Gasteiger partial charge is 0.492 e. The van der Waals surface area contributed by atoms with Gasteiger partial charge in [-0.15, -0.1) is 0 Å². The summed E-state index contributed by atoms with van der Waals surface area (Å²) in [6.45, 7) is 2.96. The maximum Gasteiger partial charge on any atom is 0.253 e. The molecule has 0 aliphatic heterocycles. The number of ether oxygens (including phenoxy) is 1. The van der Waals surface area contributed by atoms with Crippen LogP contribution < -0.4 is 10.1 Å². The summed E-state index contributed by atoms with van der Waals surface area (Å²) in [7, 11) is 3.44. The van der Waals surface area contributed by atoms with Gasteiger partial charge in [-0.1, -0.05) is 5.16 Å². The number of anilines is 1. The SMILES string of the molecule is CCOc1cc(C(=O)N(C)C)ccc1NCc1ccon1. The number of nitrogens with one attached hydrogen (secondary N) is 1. The van der Waals surface area contributed by atoms with Gasteiger partial charge in [0.05, 0.1) is 18.8 Å². The fourth-order valence-corrected chi connectivity index (χ4v) is 1.85. The Hall–Kier alpha value is -2.50. The van der Waals surface area contributed by atoms with Crippen LogP contribution in [0.25, 0.3) is 0 Å². The third kappa shape index (κ3) is 3.75. The molecule has 0 saturated heterocycles. The van der Waals surface area contributed by atoms with Crippen LogP contribution in [0, 0.1) is 0 Å². The standard InChI is InChI=1S/C15H19N3O3/c1-4-20-14-9-11(15(19)18(2)3)5-6-13(14)16-10-12-7-8-21-17-12/h5-9,16H,4,10H2,1-3H3. The van der Waals surface area contributed by atoms with Crippen molar-refractivity contribution < 1.29 is 14.1 Å². The molecule has 2 aromatic rings. The highest BCUT2D eigenvalue weighted by molar-refractivity contribution is 5.95. The molecule has 0 aliphatic carbocycles. The van der Waals surface area contributed by atoms with Crippen molar-refractivity contribution in [2.45, 2.75) is 13.5 Å². The number of hydrogen-bond acceptors (Lipinski definition) is 5. The monoisotopic (exact) mass is 289 g/mol.